The number of urea groups is 1. The highest BCUT2D eigenvalue weighted by atomic mass is 35.5. The number of anilines is 1. The third-order valence-corrected chi connectivity index (χ3v) is 2.69. The van der Waals surface area contributed by atoms with Gasteiger partial charge in [-0.25, -0.2) is 9.59 Å². The number of terminal acetylenes is 1. The minimum atomic E-state index is -1.09. The van der Waals surface area contributed by atoms with Crippen LogP contribution in [0, 0.1) is 12.3 Å². The molecule has 0 bridgehead atoms. The molecule has 0 fully saturated rings. The second-order valence-corrected chi connectivity index (χ2v) is 4.13. The van der Waals surface area contributed by atoms with Crippen molar-refractivity contribution < 1.29 is 14.7 Å². The number of rotatable bonds is 4. The lowest BCUT2D eigenvalue weighted by Crippen LogP contribution is -2.36. The van der Waals surface area contributed by atoms with Crippen molar-refractivity contribution in [1.82, 2.24) is 5.32 Å². The van der Waals surface area contributed by atoms with E-state index in [1.54, 1.807) is 0 Å². The SMILES string of the molecule is C#CC(CC)NC(=O)Nc1ccc(C(=O)O)cc1Cl. The first-order valence-electron chi connectivity index (χ1n) is 5.54. The van der Waals surface area contributed by atoms with E-state index in [2.05, 4.69) is 16.6 Å². The molecule has 1 aromatic rings. The number of halogens is 1. The fraction of sp³-hybridized carbons (Fsp3) is 0.231. The van der Waals surface area contributed by atoms with Crippen molar-refractivity contribution in [3.05, 3.63) is 28.8 Å². The van der Waals surface area contributed by atoms with Gasteiger partial charge >= 0.3 is 12.0 Å². The number of amides is 2. The molecule has 2 amide bonds. The van der Waals surface area contributed by atoms with Gasteiger partial charge in [-0.3, -0.25) is 0 Å². The Bertz CT molecular complexity index is 537. The summed E-state index contributed by atoms with van der Waals surface area (Å²) >= 11 is 5.88. The van der Waals surface area contributed by atoms with E-state index in [1.807, 2.05) is 6.92 Å². The first kappa shape index (κ1) is 14.9. The van der Waals surface area contributed by atoms with Crippen molar-refractivity contribution in [2.75, 3.05) is 5.32 Å². The van der Waals surface area contributed by atoms with Crippen LogP contribution < -0.4 is 10.6 Å². The molecular weight excluding hydrogens is 268 g/mol. The maximum atomic E-state index is 11.6. The Morgan fingerprint density at radius 1 is 1.53 bits per heavy atom. The van der Waals surface area contributed by atoms with Crippen LogP contribution in [-0.2, 0) is 0 Å². The molecule has 1 rings (SSSR count). The zero-order valence-electron chi connectivity index (χ0n) is 10.2. The van der Waals surface area contributed by atoms with Gasteiger partial charge in [0.25, 0.3) is 0 Å². The van der Waals surface area contributed by atoms with Gasteiger partial charge in [0, 0.05) is 0 Å². The third kappa shape index (κ3) is 4.19. The molecule has 0 saturated heterocycles. The van der Waals surface area contributed by atoms with Crippen LogP contribution in [0.3, 0.4) is 0 Å². The summed E-state index contributed by atoms with van der Waals surface area (Å²) in [6, 6.07) is 3.18. The van der Waals surface area contributed by atoms with Gasteiger partial charge in [-0.05, 0) is 24.6 Å². The minimum absolute atomic E-state index is 0.0472. The molecule has 100 valence electrons. The normalized spacial score (nSPS) is 11.2. The molecule has 1 atom stereocenters. The molecule has 0 saturated carbocycles. The molecule has 0 aliphatic rings. The van der Waals surface area contributed by atoms with E-state index in [0.717, 1.165) is 0 Å². The molecule has 19 heavy (non-hydrogen) atoms. The van der Waals surface area contributed by atoms with E-state index in [1.165, 1.54) is 18.2 Å². The summed E-state index contributed by atoms with van der Waals surface area (Å²) in [4.78, 5) is 22.3. The van der Waals surface area contributed by atoms with E-state index in [0.29, 0.717) is 12.1 Å². The lowest BCUT2D eigenvalue weighted by molar-refractivity contribution is 0.0697. The highest BCUT2D eigenvalue weighted by Gasteiger charge is 2.11. The summed E-state index contributed by atoms with van der Waals surface area (Å²) in [5.74, 6) is 1.34. The molecule has 1 aromatic carbocycles. The number of carboxylic acids is 1. The van der Waals surface area contributed by atoms with E-state index >= 15 is 0 Å². The maximum Gasteiger partial charge on any atom is 0.335 e. The van der Waals surface area contributed by atoms with E-state index in [4.69, 9.17) is 23.1 Å². The molecule has 5 nitrogen and oxygen atoms in total. The molecular formula is C13H13ClN2O3. The fourth-order valence-electron chi connectivity index (χ4n) is 1.33. The van der Waals surface area contributed by atoms with Gasteiger partial charge < -0.3 is 15.7 Å². The van der Waals surface area contributed by atoms with Crippen LogP contribution in [0.1, 0.15) is 23.7 Å². The van der Waals surface area contributed by atoms with Crippen molar-refractivity contribution in [3.8, 4) is 12.3 Å². The fourth-order valence-corrected chi connectivity index (χ4v) is 1.56. The molecule has 0 radical (unpaired) electrons. The summed E-state index contributed by atoms with van der Waals surface area (Å²) in [7, 11) is 0. The van der Waals surface area contributed by atoms with Crippen LogP contribution in [0.2, 0.25) is 5.02 Å². The van der Waals surface area contributed by atoms with Gasteiger partial charge in [0.05, 0.1) is 22.3 Å². The number of hydrogen-bond donors (Lipinski definition) is 3. The number of aromatic carboxylic acids is 1. The highest BCUT2D eigenvalue weighted by molar-refractivity contribution is 6.34. The standard InChI is InChI=1S/C13H13ClN2O3/c1-3-9(4-2)15-13(19)16-11-6-5-8(12(17)18)7-10(11)14/h1,5-7,9H,4H2,2H3,(H,17,18)(H2,15,16,19). The van der Waals surface area contributed by atoms with E-state index < -0.39 is 12.0 Å². The molecule has 0 spiro atoms. The number of carboxylic acid groups (broad SMARTS) is 1. The lowest BCUT2D eigenvalue weighted by Gasteiger charge is -2.12. The Hall–Kier alpha value is -2.19. The number of nitrogens with one attached hydrogen (secondary N) is 2. The Morgan fingerprint density at radius 3 is 2.68 bits per heavy atom. The Labute approximate surface area is 116 Å². The Balaban J connectivity index is 2.75. The summed E-state index contributed by atoms with van der Waals surface area (Å²) in [6.45, 7) is 1.85. The Morgan fingerprint density at radius 2 is 2.21 bits per heavy atom. The van der Waals surface area contributed by atoms with Crippen molar-refractivity contribution in [3.63, 3.8) is 0 Å². The number of carbonyl (C=O) groups excluding carboxylic acids is 1. The zero-order chi connectivity index (χ0) is 14.4. The zero-order valence-corrected chi connectivity index (χ0v) is 11.0. The minimum Gasteiger partial charge on any atom is -0.478 e. The van der Waals surface area contributed by atoms with Crippen LogP contribution in [0.5, 0.6) is 0 Å². The predicted molar refractivity (Wildman–Crippen MR) is 73.5 cm³/mol. The van der Waals surface area contributed by atoms with Crippen LogP contribution in [0.15, 0.2) is 18.2 Å². The average molecular weight is 281 g/mol. The van der Waals surface area contributed by atoms with Gasteiger partial charge in [0.15, 0.2) is 0 Å². The van der Waals surface area contributed by atoms with Crippen LogP contribution in [0.25, 0.3) is 0 Å². The third-order valence-electron chi connectivity index (χ3n) is 2.38. The number of hydrogen-bond acceptors (Lipinski definition) is 2. The van der Waals surface area contributed by atoms with Gasteiger partial charge in [-0.15, -0.1) is 6.42 Å². The smallest absolute Gasteiger partial charge is 0.335 e. The second-order valence-electron chi connectivity index (χ2n) is 3.73. The van der Waals surface area contributed by atoms with Crippen molar-refractivity contribution in [1.29, 1.82) is 0 Å². The number of benzene rings is 1. The van der Waals surface area contributed by atoms with Crippen LogP contribution in [-0.4, -0.2) is 23.1 Å². The number of carbonyl (C=O) groups is 2. The monoisotopic (exact) mass is 280 g/mol. The molecule has 0 aliphatic carbocycles. The van der Waals surface area contributed by atoms with Gasteiger partial charge in [-0.1, -0.05) is 24.4 Å². The summed E-state index contributed by atoms with van der Waals surface area (Å²) in [6.07, 6.45) is 5.83. The quantitative estimate of drug-likeness (QED) is 0.742. The molecule has 0 aliphatic heterocycles. The van der Waals surface area contributed by atoms with Gasteiger partial charge in [0.1, 0.15) is 0 Å². The summed E-state index contributed by atoms with van der Waals surface area (Å²) < 4.78 is 0. The Kier molecular flexibility index (Phi) is 5.22. The van der Waals surface area contributed by atoms with Crippen molar-refractivity contribution in [2.24, 2.45) is 0 Å². The molecule has 0 aromatic heterocycles. The summed E-state index contributed by atoms with van der Waals surface area (Å²) in [5, 5.41) is 14.0. The predicted octanol–water partition coefficient (Wildman–Crippen LogP) is 2.57. The van der Waals surface area contributed by atoms with Gasteiger partial charge in [-0.2, -0.15) is 0 Å². The molecule has 3 N–H and O–H groups in total. The maximum absolute atomic E-state index is 11.6. The van der Waals surface area contributed by atoms with Crippen LogP contribution in [0.4, 0.5) is 10.5 Å². The molecule has 0 heterocycles. The van der Waals surface area contributed by atoms with Gasteiger partial charge in [0.2, 0.25) is 0 Å². The van der Waals surface area contributed by atoms with Crippen LogP contribution >= 0.6 is 11.6 Å². The van der Waals surface area contributed by atoms with Crippen molar-refractivity contribution >= 4 is 29.3 Å². The second kappa shape index (κ2) is 6.66. The topological polar surface area (TPSA) is 78.4 Å². The first-order chi connectivity index (χ1) is 8.97. The summed E-state index contributed by atoms with van der Waals surface area (Å²) in [5.41, 5.74) is 0.363. The lowest BCUT2D eigenvalue weighted by atomic mass is 10.2. The van der Waals surface area contributed by atoms with Crippen molar-refractivity contribution in [2.45, 2.75) is 19.4 Å². The van der Waals surface area contributed by atoms with E-state index in [-0.39, 0.29) is 16.6 Å². The largest absolute Gasteiger partial charge is 0.478 e. The molecule has 6 heteroatoms. The average Bonchev–Trinajstić information content (AvgIpc) is 2.38. The highest BCUT2D eigenvalue weighted by Crippen LogP contribution is 2.23. The molecule has 1 unspecified atom stereocenters. The van der Waals surface area contributed by atoms with E-state index in [9.17, 15) is 9.59 Å². The first-order valence-corrected chi connectivity index (χ1v) is 5.92.